The lowest BCUT2D eigenvalue weighted by Crippen LogP contribution is -2.43. The molecule has 130 valence electrons. The Morgan fingerprint density at radius 1 is 1.00 bits per heavy atom. The normalized spacial score (nSPS) is 21.8. The third kappa shape index (κ3) is 3.69. The van der Waals surface area contributed by atoms with E-state index in [1.165, 1.54) is 5.56 Å². The molecule has 4 nitrogen and oxygen atoms in total. The highest BCUT2D eigenvalue weighted by molar-refractivity contribution is 5.97. The quantitative estimate of drug-likeness (QED) is 0.936. The molecule has 2 aliphatic heterocycles. The number of carbonyl (C=O) groups is 1. The zero-order valence-corrected chi connectivity index (χ0v) is 14.4. The zero-order valence-electron chi connectivity index (χ0n) is 14.4. The van der Waals surface area contributed by atoms with Crippen LogP contribution in [0, 0.1) is 5.92 Å². The van der Waals surface area contributed by atoms with Crippen LogP contribution in [0.5, 0.6) is 5.75 Å². The first-order valence-electron chi connectivity index (χ1n) is 9.10. The monoisotopic (exact) mass is 336 g/mol. The van der Waals surface area contributed by atoms with Gasteiger partial charge in [0.25, 0.3) is 5.91 Å². The molecule has 1 N–H and O–H groups in total. The van der Waals surface area contributed by atoms with Gasteiger partial charge in [-0.25, -0.2) is 0 Å². The number of hydrogen-bond donors (Lipinski definition) is 1. The minimum Gasteiger partial charge on any atom is -0.487 e. The highest BCUT2D eigenvalue weighted by Crippen LogP contribution is 2.28. The number of para-hydroxylation sites is 1. The lowest BCUT2D eigenvalue weighted by Gasteiger charge is -2.35. The third-order valence-electron chi connectivity index (χ3n) is 5.28. The van der Waals surface area contributed by atoms with E-state index in [1.54, 1.807) is 0 Å². The number of benzene rings is 2. The molecule has 1 amide bonds. The number of rotatable bonds is 3. The Bertz CT molecular complexity index is 724. The van der Waals surface area contributed by atoms with Crippen molar-refractivity contribution in [3.63, 3.8) is 0 Å². The predicted octanol–water partition coefficient (Wildman–Crippen LogP) is 3.09. The van der Waals surface area contributed by atoms with E-state index >= 15 is 0 Å². The smallest absolute Gasteiger partial charge is 0.255 e. The second-order valence-corrected chi connectivity index (χ2v) is 6.96. The summed E-state index contributed by atoms with van der Waals surface area (Å²) in [6.07, 6.45) is 2.27. The SMILES string of the molecule is O=C1NCC(C2CCN(Cc3ccccc3)CC2)Oc2ccccc21. The third-order valence-corrected chi connectivity index (χ3v) is 5.28. The number of hydrogen-bond acceptors (Lipinski definition) is 3. The van der Waals surface area contributed by atoms with E-state index in [0.717, 1.165) is 32.5 Å². The molecule has 1 unspecified atom stereocenters. The number of carbonyl (C=O) groups excluding carboxylic acids is 1. The van der Waals surface area contributed by atoms with Gasteiger partial charge in [-0.05, 0) is 43.6 Å². The summed E-state index contributed by atoms with van der Waals surface area (Å²) in [7, 11) is 0. The van der Waals surface area contributed by atoms with Crippen molar-refractivity contribution in [1.82, 2.24) is 10.2 Å². The van der Waals surface area contributed by atoms with Crippen LogP contribution in [0.15, 0.2) is 54.6 Å². The van der Waals surface area contributed by atoms with Crippen LogP contribution >= 0.6 is 0 Å². The molecule has 0 saturated carbocycles. The molecule has 2 aromatic carbocycles. The summed E-state index contributed by atoms with van der Waals surface area (Å²) in [5.74, 6) is 1.17. The zero-order chi connectivity index (χ0) is 17.1. The molecule has 4 heteroatoms. The molecule has 4 rings (SSSR count). The van der Waals surface area contributed by atoms with Gasteiger partial charge in [0.15, 0.2) is 0 Å². The van der Waals surface area contributed by atoms with E-state index in [9.17, 15) is 4.79 Å². The Hall–Kier alpha value is -2.33. The van der Waals surface area contributed by atoms with Crippen LogP contribution in [-0.2, 0) is 6.54 Å². The van der Waals surface area contributed by atoms with Crippen molar-refractivity contribution in [2.45, 2.75) is 25.5 Å². The second-order valence-electron chi connectivity index (χ2n) is 6.96. The van der Waals surface area contributed by atoms with E-state index < -0.39 is 0 Å². The van der Waals surface area contributed by atoms with Crippen molar-refractivity contribution in [3.05, 3.63) is 65.7 Å². The van der Waals surface area contributed by atoms with Crippen molar-refractivity contribution in [1.29, 1.82) is 0 Å². The Balaban J connectivity index is 1.37. The average Bonchev–Trinajstić information content (AvgIpc) is 2.83. The molecular weight excluding hydrogens is 312 g/mol. The summed E-state index contributed by atoms with van der Waals surface area (Å²) in [6, 6.07) is 18.2. The second kappa shape index (κ2) is 7.28. The highest BCUT2D eigenvalue weighted by atomic mass is 16.5. The van der Waals surface area contributed by atoms with Gasteiger partial charge >= 0.3 is 0 Å². The topological polar surface area (TPSA) is 41.6 Å². The maximum absolute atomic E-state index is 12.2. The molecule has 2 heterocycles. The van der Waals surface area contributed by atoms with Crippen molar-refractivity contribution in [3.8, 4) is 5.75 Å². The Morgan fingerprint density at radius 3 is 2.52 bits per heavy atom. The number of likely N-dealkylation sites (tertiary alicyclic amines) is 1. The van der Waals surface area contributed by atoms with E-state index in [0.29, 0.717) is 23.8 Å². The first-order chi connectivity index (χ1) is 12.3. The summed E-state index contributed by atoms with van der Waals surface area (Å²) >= 11 is 0. The fourth-order valence-electron chi connectivity index (χ4n) is 3.84. The van der Waals surface area contributed by atoms with Gasteiger partial charge in [-0.3, -0.25) is 9.69 Å². The molecule has 0 bridgehead atoms. The van der Waals surface area contributed by atoms with Gasteiger partial charge in [0, 0.05) is 12.5 Å². The van der Waals surface area contributed by atoms with Crippen LogP contribution in [0.3, 0.4) is 0 Å². The van der Waals surface area contributed by atoms with Gasteiger partial charge in [0.05, 0.1) is 12.1 Å². The van der Waals surface area contributed by atoms with Gasteiger partial charge in [-0.15, -0.1) is 0 Å². The fraction of sp³-hybridized carbons (Fsp3) is 0.381. The molecule has 0 radical (unpaired) electrons. The molecular formula is C21H24N2O2. The van der Waals surface area contributed by atoms with E-state index in [-0.39, 0.29) is 12.0 Å². The molecule has 0 aliphatic carbocycles. The molecule has 0 aromatic heterocycles. The van der Waals surface area contributed by atoms with Gasteiger partial charge < -0.3 is 10.1 Å². The average molecular weight is 336 g/mol. The molecule has 25 heavy (non-hydrogen) atoms. The Morgan fingerprint density at radius 2 is 1.72 bits per heavy atom. The van der Waals surface area contributed by atoms with Crippen molar-refractivity contribution in [2.75, 3.05) is 19.6 Å². The predicted molar refractivity (Wildman–Crippen MR) is 97.6 cm³/mol. The highest BCUT2D eigenvalue weighted by Gasteiger charge is 2.31. The van der Waals surface area contributed by atoms with Crippen LogP contribution in [0.4, 0.5) is 0 Å². The Kier molecular flexibility index (Phi) is 4.70. The number of nitrogens with zero attached hydrogens (tertiary/aromatic N) is 1. The summed E-state index contributed by atoms with van der Waals surface area (Å²) in [5.41, 5.74) is 2.01. The van der Waals surface area contributed by atoms with Crippen LogP contribution in [-0.4, -0.2) is 36.5 Å². The molecule has 1 fully saturated rings. The fourth-order valence-corrected chi connectivity index (χ4v) is 3.84. The molecule has 1 saturated heterocycles. The number of amides is 1. The van der Waals surface area contributed by atoms with Crippen LogP contribution < -0.4 is 10.1 Å². The van der Waals surface area contributed by atoms with Crippen LogP contribution in [0.25, 0.3) is 0 Å². The summed E-state index contributed by atoms with van der Waals surface area (Å²) < 4.78 is 6.22. The van der Waals surface area contributed by atoms with Gasteiger partial charge in [0.1, 0.15) is 11.9 Å². The van der Waals surface area contributed by atoms with Crippen LogP contribution in [0.1, 0.15) is 28.8 Å². The minimum absolute atomic E-state index is 0.0281. The van der Waals surface area contributed by atoms with Gasteiger partial charge in [-0.1, -0.05) is 42.5 Å². The number of piperidine rings is 1. The van der Waals surface area contributed by atoms with Crippen molar-refractivity contribution in [2.24, 2.45) is 5.92 Å². The van der Waals surface area contributed by atoms with E-state index in [4.69, 9.17) is 4.74 Å². The molecule has 1 atom stereocenters. The maximum atomic E-state index is 12.2. The van der Waals surface area contributed by atoms with Crippen molar-refractivity contribution < 1.29 is 9.53 Å². The lowest BCUT2D eigenvalue weighted by atomic mass is 9.90. The van der Waals surface area contributed by atoms with Gasteiger partial charge in [-0.2, -0.15) is 0 Å². The molecule has 0 spiro atoms. The lowest BCUT2D eigenvalue weighted by molar-refractivity contribution is 0.0748. The minimum atomic E-state index is -0.0281. The largest absolute Gasteiger partial charge is 0.487 e. The first-order valence-corrected chi connectivity index (χ1v) is 9.10. The standard InChI is InChI=1S/C21H24N2O2/c24-21-18-8-4-5-9-19(18)25-20(14-22-21)17-10-12-23(13-11-17)15-16-6-2-1-3-7-16/h1-9,17,20H,10-15H2,(H,22,24). The van der Waals surface area contributed by atoms with Crippen LogP contribution in [0.2, 0.25) is 0 Å². The van der Waals surface area contributed by atoms with E-state index in [2.05, 4.69) is 40.5 Å². The summed E-state index contributed by atoms with van der Waals surface area (Å²) in [4.78, 5) is 14.7. The van der Waals surface area contributed by atoms with E-state index in [1.807, 2.05) is 24.3 Å². The summed E-state index contributed by atoms with van der Waals surface area (Å²) in [6.45, 7) is 3.76. The Labute approximate surface area is 148 Å². The molecule has 2 aromatic rings. The number of nitrogens with one attached hydrogen (secondary N) is 1. The number of fused-ring (bicyclic) bond motifs is 1. The maximum Gasteiger partial charge on any atom is 0.255 e. The van der Waals surface area contributed by atoms with Crippen molar-refractivity contribution >= 4 is 5.91 Å². The first kappa shape index (κ1) is 16.2. The molecule has 2 aliphatic rings. The summed E-state index contributed by atoms with van der Waals surface area (Å²) in [5, 5.41) is 3.02. The number of ether oxygens (including phenoxy) is 1. The van der Waals surface area contributed by atoms with Gasteiger partial charge in [0.2, 0.25) is 0 Å².